The molecule has 154 valence electrons. The largest absolute Gasteiger partial charge is 0.508 e. The van der Waals surface area contributed by atoms with Gasteiger partial charge in [0.2, 0.25) is 0 Å². The standard InChI is InChI=1S/C21H16F3N3O3/c1-11-17(12(2)30-26-11)19-18(20(25-29)21(22,23)24)15-5-3-4-6-16(15)27(19)13-7-9-14(28)10-8-13/h3-10,28-29H,1-2H3/b25-20+. The van der Waals surface area contributed by atoms with Crippen LogP contribution in [0.3, 0.4) is 0 Å². The van der Waals surface area contributed by atoms with Crippen LogP contribution in [0.5, 0.6) is 5.75 Å². The van der Waals surface area contributed by atoms with Gasteiger partial charge in [-0.15, -0.1) is 0 Å². The molecule has 0 radical (unpaired) electrons. The van der Waals surface area contributed by atoms with E-state index >= 15 is 0 Å². The van der Waals surface area contributed by atoms with Crippen LogP contribution in [0.15, 0.2) is 58.2 Å². The van der Waals surface area contributed by atoms with Crippen molar-refractivity contribution in [1.29, 1.82) is 0 Å². The highest BCUT2D eigenvalue weighted by molar-refractivity contribution is 6.18. The minimum absolute atomic E-state index is 0.0159. The first-order valence-electron chi connectivity index (χ1n) is 8.89. The number of nitrogens with zero attached hydrogens (tertiary/aromatic N) is 3. The maximum absolute atomic E-state index is 13.8. The van der Waals surface area contributed by atoms with E-state index in [1.807, 2.05) is 0 Å². The molecule has 2 N–H and O–H groups in total. The molecule has 0 aliphatic rings. The van der Waals surface area contributed by atoms with Crippen LogP contribution in [0.1, 0.15) is 17.0 Å². The van der Waals surface area contributed by atoms with Crippen LogP contribution in [-0.4, -0.2) is 31.9 Å². The molecule has 2 aromatic carbocycles. The molecule has 0 unspecified atom stereocenters. The molecule has 4 aromatic rings. The molecule has 0 saturated heterocycles. The van der Waals surface area contributed by atoms with Gasteiger partial charge in [0.15, 0.2) is 5.71 Å². The third-order valence-corrected chi connectivity index (χ3v) is 4.86. The summed E-state index contributed by atoms with van der Waals surface area (Å²) in [5.74, 6) is 0.332. The average molecular weight is 415 g/mol. The first-order chi connectivity index (χ1) is 14.2. The van der Waals surface area contributed by atoms with Crippen LogP contribution >= 0.6 is 0 Å². The first kappa shape index (κ1) is 19.6. The van der Waals surface area contributed by atoms with Crippen molar-refractivity contribution in [2.75, 3.05) is 0 Å². The molecule has 0 aliphatic heterocycles. The molecule has 0 amide bonds. The molecule has 4 rings (SSSR count). The maximum Gasteiger partial charge on any atom is 0.437 e. The second-order valence-corrected chi connectivity index (χ2v) is 6.74. The fourth-order valence-corrected chi connectivity index (χ4v) is 3.66. The van der Waals surface area contributed by atoms with Crippen molar-refractivity contribution in [3.63, 3.8) is 0 Å². The molecule has 2 aromatic heterocycles. The van der Waals surface area contributed by atoms with Crippen LogP contribution in [-0.2, 0) is 0 Å². The predicted molar refractivity (Wildman–Crippen MR) is 104 cm³/mol. The number of aromatic hydroxyl groups is 1. The van der Waals surface area contributed by atoms with Gasteiger partial charge in [0.25, 0.3) is 0 Å². The summed E-state index contributed by atoms with van der Waals surface area (Å²) >= 11 is 0. The van der Waals surface area contributed by atoms with Crippen molar-refractivity contribution < 1.29 is 28.0 Å². The second kappa shape index (κ2) is 6.94. The number of oxime groups is 1. The molecule has 0 spiro atoms. The summed E-state index contributed by atoms with van der Waals surface area (Å²) in [4.78, 5) is 0. The number of rotatable bonds is 3. The molecular weight excluding hydrogens is 399 g/mol. The lowest BCUT2D eigenvalue weighted by Gasteiger charge is -2.14. The predicted octanol–water partition coefficient (Wildman–Crippen LogP) is 5.35. The van der Waals surface area contributed by atoms with Gasteiger partial charge in [0.1, 0.15) is 11.5 Å². The fourth-order valence-electron chi connectivity index (χ4n) is 3.66. The lowest BCUT2D eigenvalue weighted by molar-refractivity contribution is -0.0600. The number of halogens is 3. The van der Waals surface area contributed by atoms with Gasteiger partial charge < -0.3 is 19.4 Å². The van der Waals surface area contributed by atoms with Crippen LogP contribution in [0.25, 0.3) is 27.8 Å². The minimum atomic E-state index is -4.91. The van der Waals surface area contributed by atoms with Gasteiger partial charge in [-0.2, -0.15) is 13.2 Å². The molecular formula is C21H16F3N3O3. The highest BCUT2D eigenvalue weighted by Crippen LogP contribution is 2.42. The van der Waals surface area contributed by atoms with Crippen molar-refractivity contribution in [3.8, 4) is 22.7 Å². The molecule has 6 nitrogen and oxygen atoms in total. The number of para-hydroxylation sites is 1. The number of aromatic nitrogens is 2. The zero-order chi connectivity index (χ0) is 21.6. The number of benzene rings is 2. The molecule has 2 heterocycles. The molecule has 0 atom stereocenters. The summed E-state index contributed by atoms with van der Waals surface area (Å²) in [7, 11) is 0. The molecule has 30 heavy (non-hydrogen) atoms. The average Bonchev–Trinajstić information content (AvgIpc) is 3.19. The van der Waals surface area contributed by atoms with E-state index in [1.165, 1.54) is 18.2 Å². The van der Waals surface area contributed by atoms with E-state index in [4.69, 9.17) is 4.52 Å². The summed E-state index contributed by atoms with van der Waals surface area (Å²) in [6.07, 6.45) is -4.91. The Morgan fingerprint density at radius 2 is 1.73 bits per heavy atom. The number of hydrogen-bond acceptors (Lipinski definition) is 5. The van der Waals surface area contributed by atoms with Gasteiger partial charge in [-0.25, -0.2) is 0 Å². The van der Waals surface area contributed by atoms with Crippen LogP contribution in [0.2, 0.25) is 0 Å². The Hall–Kier alpha value is -3.75. The highest BCUT2D eigenvalue weighted by atomic mass is 19.4. The van der Waals surface area contributed by atoms with Gasteiger partial charge in [-0.3, -0.25) is 0 Å². The van der Waals surface area contributed by atoms with Crippen molar-refractivity contribution >= 4 is 16.6 Å². The van der Waals surface area contributed by atoms with Crippen molar-refractivity contribution in [3.05, 3.63) is 65.5 Å². The summed E-state index contributed by atoms with van der Waals surface area (Å²) in [5.41, 5.74) is 0.122. The smallest absolute Gasteiger partial charge is 0.437 e. The molecule has 0 saturated carbocycles. The van der Waals surface area contributed by atoms with Gasteiger partial charge >= 0.3 is 6.18 Å². The molecule has 9 heteroatoms. The second-order valence-electron chi connectivity index (χ2n) is 6.74. The van der Waals surface area contributed by atoms with E-state index in [0.29, 0.717) is 28.2 Å². The topological polar surface area (TPSA) is 83.8 Å². The first-order valence-corrected chi connectivity index (χ1v) is 8.89. The number of fused-ring (bicyclic) bond motifs is 1. The van der Waals surface area contributed by atoms with Crippen LogP contribution in [0, 0.1) is 13.8 Å². The number of aryl methyl sites for hydroxylation is 2. The van der Waals surface area contributed by atoms with Crippen molar-refractivity contribution in [2.45, 2.75) is 20.0 Å². The van der Waals surface area contributed by atoms with Crippen LogP contribution in [0.4, 0.5) is 13.2 Å². The number of phenolic OH excluding ortho intramolecular Hbond substituents is 1. The van der Waals surface area contributed by atoms with Crippen molar-refractivity contribution in [2.24, 2.45) is 5.16 Å². The Kier molecular flexibility index (Phi) is 4.53. The Morgan fingerprint density at radius 1 is 1.07 bits per heavy atom. The normalized spacial score (nSPS) is 12.6. The number of phenols is 1. The quantitative estimate of drug-likeness (QED) is 0.268. The molecule has 0 aliphatic carbocycles. The highest BCUT2D eigenvalue weighted by Gasteiger charge is 2.42. The van der Waals surface area contributed by atoms with Gasteiger partial charge in [0.05, 0.1) is 22.5 Å². The zero-order valence-electron chi connectivity index (χ0n) is 15.9. The lowest BCUT2D eigenvalue weighted by Crippen LogP contribution is -2.24. The van der Waals surface area contributed by atoms with Gasteiger partial charge in [-0.05, 0) is 44.2 Å². The van der Waals surface area contributed by atoms with Crippen molar-refractivity contribution in [1.82, 2.24) is 9.72 Å². The maximum atomic E-state index is 13.8. The third kappa shape index (κ3) is 2.99. The van der Waals surface area contributed by atoms with E-state index in [0.717, 1.165) is 0 Å². The van der Waals surface area contributed by atoms with E-state index < -0.39 is 11.9 Å². The summed E-state index contributed by atoms with van der Waals surface area (Å²) in [5, 5.41) is 25.7. The Bertz CT molecular complexity index is 1250. The monoisotopic (exact) mass is 415 g/mol. The van der Waals surface area contributed by atoms with E-state index in [2.05, 4.69) is 10.3 Å². The Morgan fingerprint density at radius 3 is 2.30 bits per heavy atom. The summed E-state index contributed by atoms with van der Waals surface area (Å²) in [6, 6.07) is 12.5. The SMILES string of the molecule is Cc1noc(C)c1-c1c(/C(=N\O)C(F)(F)F)c2ccccc2n1-c1ccc(O)cc1. The fraction of sp³-hybridized carbons (Fsp3) is 0.143. The minimum Gasteiger partial charge on any atom is -0.508 e. The zero-order valence-corrected chi connectivity index (χ0v) is 15.9. The number of alkyl halides is 3. The van der Waals surface area contributed by atoms with E-state index in [-0.39, 0.29) is 22.4 Å². The van der Waals surface area contributed by atoms with Crippen LogP contribution < -0.4 is 0 Å². The summed E-state index contributed by atoms with van der Waals surface area (Å²) < 4.78 is 48.4. The summed E-state index contributed by atoms with van der Waals surface area (Å²) in [6.45, 7) is 3.22. The Balaban J connectivity index is 2.24. The Labute approximate surface area is 168 Å². The lowest BCUT2D eigenvalue weighted by atomic mass is 9.99. The third-order valence-electron chi connectivity index (χ3n) is 4.86. The van der Waals surface area contributed by atoms with Gasteiger partial charge in [-0.1, -0.05) is 28.5 Å². The molecule has 0 fully saturated rings. The van der Waals surface area contributed by atoms with E-state index in [9.17, 15) is 23.5 Å². The van der Waals surface area contributed by atoms with Gasteiger partial charge in [0, 0.05) is 16.6 Å². The molecule has 0 bridgehead atoms. The van der Waals surface area contributed by atoms with E-state index in [1.54, 1.807) is 48.7 Å². The number of hydrogen-bond donors (Lipinski definition) is 2.